The van der Waals surface area contributed by atoms with Crippen LogP contribution in [0.4, 0.5) is 11.4 Å². The molecule has 0 bridgehead atoms. The molecule has 0 amide bonds. The lowest BCUT2D eigenvalue weighted by atomic mass is 10.0. The van der Waals surface area contributed by atoms with Gasteiger partial charge in [-0.3, -0.25) is 0 Å². The number of nitriles is 1. The number of rotatable bonds is 3. The molecule has 96 valence electrons. The summed E-state index contributed by atoms with van der Waals surface area (Å²) in [7, 11) is 1.91. The Kier molecular flexibility index (Phi) is 3.44. The zero-order chi connectivity index (χ0) is 13.2. The van der Waals surface area contributed by atoms with Crippen LogP contribution in [0.1, 0.15) is 31.2 Å². The van der Waals surface area contributed by atoms with E-state index in [1.165, 1.54) is 0 Å². The fourth-order valence-corrected chi connectivity index (χ4v) is 2.66. The van der Waals surface area contributed by atoms with E-state index in [1.807, 2.05) is 11.9 Å². The Labute approximate surface area is 108 Å². The van der Waals surface area contributed by atoms with E-state index < -0.39 is 5.60 Å². The minimum atomic E-state index is -0.607. The fourth-order valence-electron chi connectivity index (χ4n) is 2.66. The number of nitrogens with zero attached hydrogens (tertiary/aromatic N) is 2. The maximum absolute atomic E-state index is 10.4. The first-order chi connectivity index (χ1) is 8.54. The first-order valence-electron chi connectivity index (χ1n) is 6.27. The average Bonchev–Trinajstić information content (AvgIpc) is 2.76. The summed E-state index contributed by atoms with van der Waals surface area (Å²) in [6.07, 6.45) is 3.85. The van der Waals surface area contributed by atoms with Crippen molar-refractivity contribution in [2.45, 2.75) is 31.3 Å². The molecule has 0 aromatic heterocycles. The quantitative estimate of drug-likeness (QED) is 0.797. The van der Waals surface area contributed by atoms with Crippen molar-refractivity contribution in [2.75, 3.05) is 24.2 Å². The van der Waals surface area contributed by atoms with E-state index in [1.54, 1.807) is 18.2 Å². The standard InChI is InChI=1S/C14H19N3O/c1-17(10-14(18)6-2-3-7-14)13-8-11(9-15)4-5-12(13)16/h4-5,8,18H,2-3,6-7,10,16H2,1H3. The van der Waals surface area contributed by atoms with Gasteiger partial charge in [-0.05, 0) is 31.0 Å². The van der Waals surface area contributed by atoms with E-state index in [9.17, 15) is 5.11 Å². The van der Waals surface area contributed by atoms with Gasteiger partial charge in [0.05, 0.1) is 28.6 Å². The molecule has 3 N–H and O–H groups in total. The van der Waals surface area contributed by atoms with Gasteiger partial charge >= 0.3 is 0 Å². The molecule has 0 heterocycles. The van der Waals surface area contributed by atoms with Crippen LogP contribution in [0.2, 0.25) is 0 Å². The Bertz CT molecular complexity index is 472. The second kappa shape index (κ2) is 4.87. The van der Waals surface area contributed by atoms with Crippen molar-refractivity contribution in [3.63, 3.8) is 0 Å². The molecule has 1 aliphatic rings. The maximum atomic E-state index is 10.4. The molecule has 18 heavy (non-hydrogen) atoms. The van der Waals surface area contributed by atoms with E-state index in [0.717, 1.165) is 31.4 Å². The Balaban J connectivity index is 2.18. The lowest BCUT2D eigenvalue weighted by Gasteiger charge is -2.30. The molecule has 0 saturated heterocycles. The summed E-state index contributed by atoms with van der Waals surface area (Å²) in [6, 6.07) is 7.32. The van der Waals surface area contributed by atoms with Gasteiger partial charge in [-0.2, -0.15) is 5.26 Å². The minimum Gasteiger partial charge on any atom is -0.397 e. The van der Waals surface area contributed by atoms with Gasteiger partial charge in [0.2, 0.25) is 0 Å². The molecule has 1 aromatic carbocycles. The van der Waals surface area contributed by atoms with Gasteiger partial charge < -0.3 is 15.7 Å². The summed E-state index contributed by atoms with van der Waals surface area (Å²) in [6.45, 7) is 0.562. The second-order valence-corrected chi connectivity index (χ2v) is 5.17. The molecule has 0 radical (unpaired) electrons. The number of aliphatic hydroxyl groups is 1. The normalized spacial score (nSPS) is 17.4. The lowest BCUT2D eigenvalue weighted by molar-refractivity contribution is 0.0559. The van der Waals surface area contributed by atoms with Gasteiger partial charge in [0.1, 0.15) is 0 Å². The summed E-state index contributed by atoms with van der Waals surface area (Å²) in [5.41, 5.74) is 7.36. The highest BCUT2D eigenvalue weighted by Crippen LogP contribution is 2.32. The molecule has 1 fully saturated rings. The van der Waals surface area contributed by atoms with Gasteiger partial charge in [-0.25, -0.2) is 0 Å². The van der Waals surface area contributed by atoms with E-state index >= 15 is 0 Å². The molecule has 0 atom stereocenters. The van der Waals surface area contributed by atoms with Crippen LogP contribution < -0.4 is 10.6 Å². The summed E-state index contributed by atoms with van der Waals surface area (Å²) in [5, 5.41) is 19.3. The van der Waals surface area contributed by atoms with Crippen molar-refractivity contribution in [3.8, 4) is 6.07 Å². The number of nitrogens with two attached hydrogens (primary N) is 1. The van der Waals surface area contributed by atoms with Crippen molar-refractivity contribution in [2.24, 2.45) is 0 Å². The molecule has 0 aliphatic heterocycles. The number of hydrogen-bond acceptors (Lipinski definition) is 4. The second-order valence-electron chi connectivity index (χ2n) is 5.17. The van der Waals surface area contributed by atoms with E-state index in [4.69, 9.17) is 11.0 Å². The van der Waals surface area contributed by atoms with E-state index in [2.05, 4.69) is 6.07 Å². The number of benzene rings is 1. The zero-order valence-electron chi connectivity index (χ0n) is 10.7. The average molecular weight is 245 g/mol. The molecule has 0 unspecified atom stereocenters. The first kappa shape index (κ1) is 12.7. The number of hydrogen-bond donors (Lipinski definition) is 2. The van der Waals surface area contributed by atoms with Crippen LogP contribution >= 0.6 is 0 Å². The smallest absolute Gasteiger partial charge is 0.0992 e. The van der Waals surface area contributed by atoms with Gasteiger partial charge in [0.15, 0.2) is 0 Å². The van der Waals surface area contributed by atoms with Crippen molar-refractivity contribution >= 4 is 11.4 Å². The Morgan fingerprint density at radius 2 is 2.11 bits per heavy atom. The SMILES string of the molecule is CN(CC1(O)CCCC1)c1cc(C#N)ccc1N. The van der Waals surface area contributed by atoms with Crippen LogP contribution in [0.25, 0.3) is 0 Å². The summed E-state index contributed by atoms with van der Waals surface area (Å²) in [4.78, 5) is 1.95. The summed E-state index contributed by atoms with van der Waals surface area (Å²) < 4.78 is 0. The molecular weight excluding hydrogens is 226 g/mol. The van der Waals surface area contributed by atoms with Crippen molar-refractivity contribution in [1.29, 1.82) is 5.26 Å². The predicted molar refractivity (Wildman–Crippen MR) is 72.3 cm³/mol. The highest BCUT2D eigenvalue weighted by Gasteiger charge is 2.32. The molecule has 2 rings (SSSR count). The fraction of sp³-hybridized carbons (Fsp3) is 0.500. The van der Waals surface area contributed by atoms with Gasteiger partial charge in [0, 0.05) is 13.6 Å². The van der Waals surface area contributed by atoms with Crippen LogP contribution in [0.5, 0.6) is 0 Å². The molecule has 1 aromatic rings. The molecule has 0 spiro atoms. The molecule has 1 saturated carbocycles. The number of likely N-dealkylation sites (N-methyl/N-ethyl adjacent to an activating group) is 1. The zero-order valence-corrected chi connectivity index (χ0v) is 10.7. The lowest BCUT2D eigenvalue weighted by Crippen LogP contribution is -2.39. The van der Waals surface area contributed by atoms with Crippen molar-refractivity contribution in [1.82, 2.24) is 0 Å². The van der Waals surface area contributed by atoms with Crippen LogP contribution in [-0.4, -0.2) is 24.3 Å². The number of anilines is 2. The van der Waals surface area contributed by atoms with Crippen LogP contribution in [0, 0.1) is 11.3 Å². The Morgan fingerprint density at radius 3 is 2.72 bits per heavy atom. The third-order valence-corrected chi connectivity index (χ3v) is 3.64. The topological polar surface area (TPSA) is 73.3 Å². The third kappa shape index (κ3) is 2.57. The van der Waals surface area contributed by atoms with Crippen LogP contribution in [0.3, 0.4) is 0 Å². The Morgan fingerprint density at radius 1 is 1.44 bits per heavy atom. The Hall–Kier alpha value is -1.73. The first-order valence-corrected chi connectivity index (χ1v) is 6.27. The van der Waals surface area contributed by atoms with E-state index in [0.29, 0.717) is 17.8 Å². The maximum Gasteiger partial charge on any atom is 0.0992 e. The van der Waals surface area contributed by atoms with E-state index in [-0.39, 0.29) is 0 Å². The summed E-state index contributed by atoms with van der Waals surface area (Å²) >= 11 is 0. The van der Waals surface area contributed by atoms with Gasteiger partial charge in [0.25, 0.3) is 0 Å². The highest BCUT2D eigenvalue weighted by atomic mass is 16.3. The van der Waals surface area contributed by atoms with Gasteiger partial charge in [-0.15, -0.1) is 0 Å². The largest absolute Gasteiger partial charge is 0.397 e. The predicted octanol–water partition coefficient (Wildman–Crippen LogP) is 1.88. The van der Waals surface area contributed by atoms with Crippen LogP contribution in [-0.2, 0) is 0 Å². The summed E-state index contributed by atoms with van der Waals surface area (Å²) in [5.74, 6) is 0. The monoisotopic (exact) mass is 245 g/mol. The van der Waals surface area contributed by atoms with Crippen LogP contribution in [0.15, 0.2) is 18.2 Å². The number of nitrogen functional groups attached to an aromatic ring is 1. The van der Waals surface area contributed by atoms with Gasteiger partial charge in [-0.1, -0.05) is 12.8 Å². The minimum absolute atomic E-state index is 0.562. The molecule has 1 aliphatic carbocycles. The van der Waals surface area contributed by atoms with Crippen molar-refractivity contribution < 1.29 is 5.11 Å². The third-order valence-electron chi connectivity index (χ3n) is 3.64. The molecule has 4 heteroatoms. The molecular formula is C14H19N3O. The highest BCUT2D eigenvalue weighted by molar-refractivity contribution is 5.69. The van der Waals surface area contributed by atoms with Crippen molar-refractivity contribution in [3.05, 3.63) is 23.8 Å². The molecule has 4 nitrogen and oxygen atoms in total.